The van der Waals surface area contributed by atoms with Crippen LogP contribution >= 0.6 is 23.1 Å². The monoisotopic (exact) mass is 322 g/mol. The highest BCUT2D eigenvalue weighted by molar-refractivity contribution is 8.00. The lowest BCUT2D eigenvalue weighted by molar-refractivity contribution is -0.129. The lowest BCUT2D eigenvalue weighted by Gasteiger charge is -2.16. The van der Waals surface area contributed by atoms with Crippen molar-refractivity contribution in [3.05, 3.63) is 46.7 Å². The van der Waals surface area contributed by atoms with Gasteiger partial charge >= 0.3 is 0 Å². The van der Waals surface area contributed by atoms with Crippen LogP contribution in [0.15, 0.2) is 40.9 Å². The first-order valence-corrected chi connectivity index (χ1v) is 8.54. The molecule has 0 aliphatic carbocycles. The molecule has 3 rings (SSSR count). The van der Waals surface area contributed by atoms with Crippen molar-refractivity contribution in [3.8, 4) is 0 Å². The zero-order valence-corrected chi connectivity index (χ0v) is 13.0. The minimum Gasteiger partial charge on any atom is -0.341 e. The second kappa shape index (κ2) is 6.58. The van der Waals surface area contributed by atoms with Crippen LogP contribution in [0.25, 0.3) is 0 Å². The van der Waals surface area contributed by atoms with E-state index in [1.165, 1.54) is 23.5 Å². The van der Waals surface area contributed by atoms with Gasteiger partial charge in [0.2, 0.25) is 5.91 Å². The third-order valence-corrected chi connectivity index (χ3v) is 5.47. The van der Waals surface area contributed by atoms with Crippen molar-refractivity contribution in [2.75, 3.05) is 13.1 Å². The van der Waals surface area contributed by atoms with Crippen LogP contribution in [-0.4, -0.2) is 34.1 Å². The van der Waals surface area contributed by atoms with E-state index in [1.807, 2.05) is 4.90 Å². The van der Waals surface area contributed by atoms with Gasteiger partial charge in [-0.05, 0) is 30.7 Å². The van der Waals surface area contributed by atoms with Crippen molar-refractivity contribution >= 4 is 29.0 Å². The molecule has 1 amide bonds. The number of nitrogens with zero attached hydrogens (tertiary/aromatic N) is 2. The Bertz CT molecular complexity index is 601. The summed E-state index contributed by atoms with van der Waals surface area (Å²) in [6.07, 6.45) is 3.18. The summed E-state index contributed by atoms with van der Waals surface area (Å²) >= 11 is 3.23. The fourth-order valence-corrected chi connectivity index (χ4v) is 4.09. The van der Waals surface area contributed by atoms with Crippen LogP contribution in [0.4, 0.5) is 4.39 Å². The molecule has 2 heterocycles. The molecule has 21 heavy (non-hydrogen) atoms. The lowest BCUT2D eigenvalue weighted by Crippen LogP contribution is -2.30. The average Bonchev–Trinajstić information content (AvgIpc) is 3.13. The standard InChI is InChI=1S/C15H15FN2OS2/c16-11-1-3-12(4-2-11)21-13-5-6-18(9-13)15(19)7-14-8-17-10-20-14/h1-4,8,10,13H,5-7,9H2. The summed E-state index contributed by atoms with van der Waals surface area (Å²) in [5.74, 6) is -0.0476. The van der Waals surface area contributed by atoms with Gasteiger partial charge in [0, 0.05) is 34.3 Å². The molecule has 2 aromatic rings. The molecular weight excluding hydrogens is 307 g/mol. The largest absolute Gasteiger partial charge is 0.341 e. The summed E-state index contributed by atoms with van der Waals surface area (Å²) in [7, 11) is 0. The van der Waals surface area contributed by atoms with Gasteiger partial charge in [-0.25, -0.2) is 4.39 Å². The molecule has 1 fully saturated rings. The summed E-state index contributed by atoms with van der Waals surface area (Å²) in [5.41, 5.74) is 1.75. The zero-order chi connectivity index (χ0) is 14.7. The topological polar surface area (TPSA) is 33.2 Å². The number of likely N-dealkylation sites (tertiary alicyclic amines) is 1. The van der Waals surface area contributed by atoms with Crippen LogP contribution in [0.5, 0.6) is 0 Å². The highest BCUT2D eigenvalue weighted by atomic mass is 32.2. The van der Waals surface area contributed by atoms with Crippen molar-refractivity contribution < 1.29 is 9.18 Å². The van der Waals surface area contributed by atoms with Crippen LogP contribution in [0.2, 0.25) is 0 Å². The number of rotatable bonds is 4. The van der Waals surface area contributed by atoms with Crippen molar-refractivity contribution in [2.45, 2.75) is 23.0 Å². The molecule has 0 bridgehead atoms. The SMILES string of the molecule is O=C(Cc1cncs1)N1CCC(Sc2ccc(F)cc2)C1. The number of amides is 1. The number of carbonyl (C=O) groups excluding carboxylic acids is 1. The van der Waals surface area contributed by atoms with Gasteiger partial charge in [0.25, 0.3) is 0 Å². The Kier molecular flexibility index (Phi) is 4.55. The first-order chi connectivity index (χ1) is 10.2. The number of hydrogen-bond acceptors (Lipinski definition) is 4. The first kappa shape index (κ1) is 14.5. The van der Waals surface area contributed by atoms with E-state index in [0.29, 0.717) is 11.7 Å². The summed E-state index contributed by atoms with van der Waals surface area (Å²) in [6.45, 7) is 1.57. The molecule has 0 saturated carbocycles. The van der Waals surface area contributed by atoms with E-state index < -0.39 is 0 Å². The van der Waals surface area contributed by atoms with Crippen LogP contribution in [-0.2, 0) is 11.2 Å². The Hall–Kier alpha value is -1.40. The van der Waals surface area contributed by atoms with E-state index in [4.69, 9.17) is 0 Å². The van der Waals surface area contributed by atoms with Gasteiger partial charge in [0.1, 0.15) is 5.82 Å². The highest BCUT2D eigenvalue weighted by Gasteiger charge is 2.27. The Morgan fingerprint density at radius 3 is 2.95 bits per heavy atom. The van der Waals surface area contributed by atoms with Gasteiger partial charge < -0.3 is 4.90 Å². The van der Waals surface area contributed by atoms with Crippen molar-refractivity contribution in [1.29, 1.82) is 0 Å². The van der Waals surface area contributed by atoms with Crippen LogP contribution in [0.1, 0.15) is 11.3 Å². The minimum absolute atomic E-state index is 0.168. The van der Waals surface area contributed by atoms with E-state index >= 15 is 0 Å². The van der Waals surface area contributed by atoms with Crippen molar-refractivity contribution in [3.63, 3.8) is 0 Å². The number of hydrogen-bond donors (Lipinski definition) is 0. The normalized spacial score (nSPS) is 18.1. The molecule has 1 saturated heterocycles. The van der Waals surface area contributed by atoms with E-state index in [9.17, 15) is 9.18 Å². The summed E-state index contributed by atoms with van der Waals surface area (Å²) in [5, 5.41) is 0.390. The third kappa shape index (κ3) is 3.83. The molecule has 0 spiro atoms. The maximum atomic E-state index is 12.9. The maximum Gasteiger partial charge on any atom is 0.227 e. The number of benzene rings is 1. The number of thiazole rings is 1. The molecule has 1 aliphatic heterocycles. The molecule has 1 aromatic heterocycles. The van der Waals surface area contributed by atoms with Crippen LogP contribution in [0, 0.1) is 5.82 Å². The summed E-state index contributed by atoms with van der Waals surface area (Å²) in [4.78, 5) is 20.2. The summed E-state index contributed by atoms with van der Waals surface area (Å²) < 4.78 is 12.9. The molecule has 110 valence electrons. The van der Waals surface area contributed by atoms with Crippen molar-refractivity contribution in [1.82, 2.24) is 9.88 Å². The van der Waals surface area contributed by atoms with Gasteiger partial charge in [-0.3, -0.25) is 9.78 Å². The highest BCUT2D eigenvalue weighted by Crippen LogP contribution is 2.30. The van der Waals surface area contributed by atoms with Crippen molar-refractivity contribution in [2.24, 2.45) is 0 Å². The molecule has 1 atom stereocenters. The van der Waals surface area contributed by atoms with Gasteiger partial charge in [0.15, 0.2) is 0 Å². The fourth-order valence-electron chi connectivity index (χ4n) is 2.35. The summed E-state index contributed by atoms with van der Waals surface area (Å²) in [6, 6.07) is 6.54. The average molecular weight is 322 g/mol. The van der Waals surface area contributed by atoms with E-state index in [0.717, 1.165) is 29.3 Å². The minimum atomic E-state index is -0.216. The van der Waals surface area contributed by atoms with Gasteiger partial charge in [0.05, 0.1) is 11.9 Å². The number of carbonyl (C=O) groups is 1. The number of aromatic nitrogens is 1. The molecular formula is C15H15FN2OS2. The predicted molar refractivity (Wildman–Crippen MR) is 83.1 cm³/mol. The molecule has 1 unspecified atom stereocenters. The molecule has 3 nitrogen and oxygen atoms in total. The van der Waals surface area contributed by atoms with Gasteiger partial charge in [-0.15, -0.1) is 23.1 Å². The second-order valence-electron chi connectivity index (χ2n) is 4.97. The smallest absolute Gasteiger partial charge is 0.227 e. The number of thioether (sulfide) groups is 1. The van der Waals surface area contributed by atoms with E-state index in [-0.39, 0.29) is 11.7 Å². The van der Waals surface area contributed by atoms with Crippen LogP contribution in [0.3, 0.4) is 0 Å². The Balaban J connectivity index is 1.53. The quantitative estimate of drug-likeness (QED) is 0.866. The number of halogens is 1. The molecule has 1 aliphatic rings. The molecule has 0 N–H and O–H groups in total. The van der Waals surface area contributed by atoms with Gasteiger partial charge in [-0.2, -0.15) is 0 Å². The second-order valence-corrected chi connectivity index (χ2v) is 7.31. The van der Waals surface area contributed by atoms with Crippen LogP contribution < -0.4 is 0 Å². The lowest BCUT2D eigenvalue weighted by atomic mass is 10.3. The zero-order valence-electron chi connectivity index (χ0n) is 11.4. The van der Waals surface area contributed by atoms with Gasteiger partial charge in [-0.1, -0.05) is 0 Å². The molecule has 0 radical (unpaired) electrons. The molecule has 1 aromatic carbocycles. The maximum absolute atomic E-state index is 12.9. The Labute approximate surface area is 131 Å². The van der Waals surface area contributed by atoms with E-state index in [1.54, 1.807) is 35.6 Å². The fraction of sp³-hybridized carbons (Fsp3) is 0.333. The first-order valence-electron chi connectivity index (χ1n) is 6.78. The van der Waals surface area contributed by atoms with E-state index in [2.05, 4.69) is 4.98 Å². The molecule has 6 heteroatoms. The Morgan fingerprint density at radius 2 is 2.24 bits per heavy atom. The Morgan fingerprint density at radius 1 is 1.43 bits per heavy atom. The predicted octanol–water partition coefficient (Wildman–Crippen LogP) is 3.22. The third-order valence-electron chi connectivity index (χ3n) is 3.42.